The van der Waals surface area contributed by atoms with E-state index in [1.165, 1.54) is 0 Å². The topological polar surface area (TPSA) is 38.3 Å². The molecule has 0 aliphatic heterocycles. The van der Waals surface area contributed by atoms with Crippen molar-refractivity contribution in [1.82, 2.24) is 5.48 Å². The molecule has 2 aromatic carbocycles. The number of halogens is 1. The zero-order chi connectivity index (χ0) is 15.9. The lowest BCUT2D eigenvalue weighted by atomic mass is 9.88. The number of nitrogens with one attached hydrogen (secondary N) is 1. The highest BCUT2D eigenvalue weighted by Crippen LogP contribution is 2.26. The van der Waals surface area contributed by atoms with E-state index in [1.807, 2.05) is 56.3 Å². The fourth-order valence-electron chi connectivity index (χ4n) is 2.34. The van der Waals surface area contributed by atoms with Gasteiger partial charge in [-0.1, -0.05) is 67.9 Å². The van der Waals surface area contributed by atoms with E-state index in [4.69, 9.17) is 16.4 Å². The van der Waals surface area contributed by atoms with Crippen LogP contribution in [0.3, 0.4) is 0 Å². The highest BCUT2D eigenvalue weighted by atomic mass is 35.5. The number of hydroxylamine groups is 1. The molecule has 0 aliphatic rings. The lowest BCUT2D eigenvalue weighted by Gasteiger charge is -2.20. The van der Waals surface area contributed by atoms with Crippen molar-refractivity contribution in [2.75, 3.05) is 0 Å². The molecule has 3 nitrogen and oxygen atoms in total. The Bertz CT molecular complexity index is 596. The summed E-state index contributed by atoms with van der Waals surface area (Å²) in [5, 5.41) is 0.659. The number of benzene rings is 2. The van der Waals surface area contributed by atoms with E-state index < -0.39 is 0 Å². The predicted octanol–water partition coefficient (Wildman–Crippen LogP) is 4.33. The van der Waals surface area contributed by atoms with E-state index >= 15 is 0 Å². The summed E-state index contributed by atoms with van der Waals surface area (Å²) in [5.41, 5.74) is 4.49. The summed E-state index contributed by atoms with van der Waals surface area (Å²) in [6, 6.07) is 17.1. The van der Waals surface area contributed by atoms with Crippen LogP contribution in [0.25, 0.3) is 0 Å². The Kier molecular flexibility index (Phi) is 5.99. The molecule has 22 heavy (non-hydrogen) atoms. The van der Waals surface area contributed by atoms with Crippen molar-refractivity contribution in [1.29, 1.82) is 0 Å². The van der Waals surface area contributed by atoms with Gasteiger partial charge in [0.1, 0.15) is 0 Å². The summed E-state index contributed by atoms with van der Waals surface area (Å²) in [6.07, 6.45) is 0. The number of amides is 1. The molecule has 0 bridgehead atoms. The minimum absolute atomic E-state index is 0.145. The van der Waals surface area contributed by atoms with E-state index in [0.29, 0.717) is 11.6 Å². The van der Waals surface area contributed by atoms with Crippen LogP contribution in [0.1, 0.15) is 30.9 Å². The standard InChI is InChI=1S/C18H20ClNO2/c1-13(2)17(15-8-10-16(19)11-9-15)18(21)20-22-12-14-6-4-3-5-7-14/h3-11,13,17H,12H2,1-2H3,(H,20,21)/t17-/m0/s1. The number of rotatable bonds is 6. The SMILES string of the molecule is CC(C)[C@H](C(=O)NOCc1ccccc1)c1ccc(Cl)cc1. The van der Waals surface area contributed by atoms with Crippen molar-refractivity contribution < 1.29 is 9.63 Å². The first-order valence-corrected chi connectivity index (χ1v) is 7.66. The maximum atomic E-state index is 12.4. The summed E-state index contributed by atoms with van der Waals surface area (Å²) < 4.78 is 0. The van der Waals surface area contributed by atoms with Crippen molar-refractivity contribution in [3.8, 4) is 0 Å². The Morgan fingerprint density at radius 2 is 1.73 bits per heavy atom. The van der Waals surface area contributed by atoms with Crippen LogP contribution in [0, 0.1) is 5.92 Å². The number of hydrogen-bond acceptors (Lipinski definition) is 2. The molecule has 0 saturated heterocycles. The molecule has 0 fully saturated rings. The average Bonchev–Trinajstić information content (AvgIpc) is 2.50. The van der Waals surface area contributed by atoms with Crippen molar-refractivity contribution in [3.05, 3.63) is 70.7 Å². The summed E-state index contributed by atoms with van der Waals surface area (Å²) >= 11 is 5.90. The fraction of sp³-hybridized carbons (Fsp3) is 0.278. The largest absolute Gasteiger partial charge is 0.272 e. The molecule has 0 radical (unpaired) electrons. The summed E-state index contributed by atoms with van der Waals surface area (Å²) in [7, 11) is 0. The van der Waals surface area contributed by atoms with Crippen LogP contribution in [0.2, 0.25) is 5.02 Å². The smallest absolute Gasteiger partial charge is 0.251 e. The number of carbonyl (C=O) groups is 1. The third kappa shape index (κ3) is 4.58. The van der Waals surface area contributed by atoms with Crippen molar-refractivity contribution in [2.24, 2.45) is 5.92 Å². The van der Waals surface area contributed by atoms with Crippen LogP contribution in [0.4, 0.5) is 0 Å². The lowest BCUT2D eigenvalue weighted by Crippen LogP contribution is -2.32. The molecular formula is C18H20ClNO2. The number of hydrogen-bond donors (Lipinski definition) is 1. The summed E-state index contributed by atoms with van der Waals surface area (Å²) in [4.78, 5) is 17.7. The molecule has 0 aliphatic carbocycles. The van der Waals surface area contributed by atoms with E-state index in [1.54, 1.807) is 12.1 Å². The van der Waals surface area contributed by atoms with Gasteiger partial charge in [-0.05, 0) is 29.2 Å². The van der Waals surface area contributed by atoms with Gasteiger partial charge in [-0.25, -0.2) is 5.48 Å². The summed E-state index contributed by atoms with van der Waals surface area (Å²) in [5.74, 6) is -0.261. The molecule has 1 amide bonds. The van der Waals surface area contributed by atoms with Gasteiger partial charge in [0, 0.05) is 5.02 Å². The Morgan fingerprint density at radius 1 is 1.09 bits per heavy atom. The highest BCUT2D eigenvalue weighted by Gasteiger charge is 2.24. The zero-order valence-corrected chi connectivity index (χ0v) is 13.5. The van der Waals surface area contributed by atoms with E-state index in [9.17, 15) is 4.79 Å². The Hall–Kier alpha value is -1.84. The number of carbonyl (C=O) groups excluding carboxylic acids is 1. The van der Waals surface area contributed by atoms with Gasteiger partial charge in [0.25, 0.3) is 5.91 Å². The Morgan fingerprint density at radius 3 is 2.32 bits per heavy atom. The molecule has 116 valence electrons. The van der Waals surface area contributed by atoms with Crippen LogP contribution < -0.4 is 5.48 Å². The van der Waals surface area contributed by atoms with Gasteiger partial charge in [-0.15, -0.1) is 0 Å². The van der Waals surface area contributed by atoms with Crippen molar-refractivity contribution >= 4 is 17.5 Å². The van der Waals surface area contributed by atoms with Crippen molar-refractivity contribution in [2.45, 2.75) is 26.4 Å². The molecule has 2 rings (SSSR count). The third-order valence-electron chi connectivity index (χ3n) is 3.43. The van der Waals surface area contributed by atoms with Gasteiger partial charge in [0.05, 0.1) is 12.5 Å². The van der Waals surface area contributed by atoms with E-state index in [2.05, 4.69) is 5.48 Å². The molecule has 0 unspecified atom stereocenters. The molecule has 2 aromatic rings. The van der Waals surface area contributed by atoms with Gasteiger partial charge < -0.3 is 0 Å². The minimum atomic E-state index is -0.270. The van der Waals surface area contributed by atoms with Crippen LogP contribution in [0.5, 0.6) is 0 Å². The third-order valence-corrected chi connectivity index (χ3v) is 3.68. The second-order valence-corrected chi connectivity index (χ2v) is 5.95. The first-order valence-electron chi connectivity index (χ1n) is 7.29. The highest BCUT2D eigenvalue weighted by molar-refractivity contribution is 6.30. The van der Waals surface area contributed by atoms with Gasteiger partial charge in [-0.3, -0.25) is 9.63 Å². The minimum Gasteiger partial charge on any atom is -0.272 e. The van der Waals surface area contributed by atoms with E-state index in [0.717, 1.165) is 11.1 Å². The molecule has 0 aromatic heterocycles. The Labute approximate surface area is 136 Å². The maximum Gasteiger partial charge on any atom is 0.251 e. The van der Waals surface area contributed by atoms with Crippen LogP contribution in [-0.4, -0.2) is 5.91 Å². The molecule has 1 atom stereocenters. The molecule has 0 saturated carbocycles. The van der Waals surface area contributed by atoms with Crippen LogP contribution in [0.15, 0.2) is 54.6 Å². The zero-order valence-electron chi connectivity index (χ0n) is 12.8. The summed E-state index contributed by atoms with van der Waals surface area (Å²) in [6.45, 7) is 4.37. The molecule has 4 heteroatoms. The first-order chi connectivity index (χ1) is 10.6. The first kappa shape index (κ1) is 16.5. The molecule has 0 heterocycles. The average molecular weight is 318 g/mol. The van der Waals surface area contributed by atoms with Crippen LogP contribution >= 0.6 is 11.6 Å². The normalized spacial score (nSPS) is 12.2. The molecular weight excluding hydrogens is 298 g/mol. The fourth-order valence-corrected chi connectivity index (χ4v) is 2.46. The van der Waals surface area contributed by atoms with Gasteiger partial charge in [-0.2, -0.15) is 0 Å². The van der Waals surface area contributed by atoms with Gasteiger partial charge in [0.2, 0.25) is 0 Å². The maximum absolute atomic E-state index is 12.4. The van der Waals surface area contributed by atoms with Gasteiger partial charge in [0.15, 0.2) is 0 Å². The second kappa shape index (κ2) is 7.97. The Balaban J connectivity index is 1.97. The molecule has 1 N–H and O–H groups in total. The quantitative estimate of drug-likeness (QED) is 0.805. The predicted molar refractivity (Wildman–Crippen MR) is 88.4 cm³/mol. The van der Waals surface area contributed by atoms with Crippen molar-refractivity contribution in [3.63, 3.8) is 0 Å². The lowest BCUT2D eigenvalue weighted by molar-refractivity contribution is -0.137. The molecule has 0 spiro atoms. The van der Waals surface area contributed by atoms with Gasteiger partial charge >= 0.3 is 0 Å². The monoisotopic (exact) mass is 317 g/mol. The second-order valence-electron chi connectivity index (χ2n) is 5.51. The van der Waals surface area contributed by atoms with E-state index in [-0.39, 0.29) is 17.7 Å². The van der Waals surface area contributed by atoms with Crippen LogP contribution in [-0.2, 0) is 16.2 Å².